The topological polar surface area (TPSA) is 71.9 Å². The maximum atomic E-state index is 12.2. The fraction of sp³-hybridized carbons (Fsp3) is 0.286. The van der Waals surface area contributed by atoms with Gasteiger partial charge in [-0.2, -0.15) is 5.10 Å². The largest absolute Gasteiger partial charge is 0.497 e. The number of aromatic nitrogens is 3. The van der Waals surface area contributed by atoms with E-state index in [2.05, 4.69) is 40.6 Å². The Morgan fingerprint density at radius 1 is 1.25 bits per heavy atom. The molecule has 0 radical (unpaired) electrons. The second kappa shape index (κ2) is 9.32. The number of rotatable bonds is 8. The van der Waals surface area contributed by atoms with Crippen molar-refractivity contribution >= 4 is 18.1 Å². The van der Waals surface area contributed by atoms with Crippen LogP contribution >= 0.6 is 12.2 Å². The van der Waals surface area contributed by atoms with Crippen LogP contribution in [0.25, 0.3) is 11.4 Å². The number of methoxy groups -OCH3 is 1. The Morgan fingerprint density at radius 2 is 2.04 bits per heavy atom. The van der Waals surface area contributed by atoms with Crippen LogP contribution in [0.1, 0.15) is 17.5 Å². The van der Waals surface area contributed by atoms with Gasteiger partial charge in [0, 0.05) is 25.1 Å². The smallest absolute Gasteiger partial charge is 0.221 e. The monoisotopic (exact) mass is 396 g/mol. The summed E-state index contributed by atoms with van der Waals surface area (Å²) in [7, 11) is 1.63. The zero-order chi connectivity index (χ0) is 19.9. The number of aryl methyl sites for hydroxylation is 1. The minimum absolute atomic E-state index is 0.00330. The number of hydrogen-bond acceptors (Lipinski definition) is 4. The van der Waals surface area contributed by atoms with E-state index in [0.717, 1.165) is 17.7 Å². The summed E-state index contributed by atoms with van der Waals surface area (Å²) >= 11 is 5.33. The molecule has 0 fully saturated rings. The van der Waals surface area contributed by atoms with E-state index in [0.29, 0.717) is 30.1 Å². The normalized spacial score (nSPS) is 10.6. The van der Waals surface area contributed by atoms with E-state index in [9.17, 15) is 4.79 Å². The maximum Gasteiger partial charge on any atom is 0.221 e. The molecule has 6 nitrogen and oxygen atoms in total. The van der Waals surface area contributed by atoms with Crippen molar-refractivity contribution in [2.75, 3.05) is 13.7 Å². The minimum Gasteiger partial charge on any atom is -0.497 e. The number of ether oxygens (including phenoxy) is 1. The van der Waals surface area contributed by atoms with Gasteiger partial charge in [-0.25, -0.2) is 0 Å². The molecule has 2 aromatic carbocycles. The number of carbonyl (C=O) groups excluding carboxylic acids is 1. The third-order valence-corrected chi connectivity index (χ3v) is 4.80. The Hall–Kier alpha value is -2.93. The number of hydrogen-bond donors (Lipinski definition) is 2. The van der Waals surface area contributed by atoms with E-state index in [-0.39, 0.29) is 5.91 Å². The molecule has 2 N–H and O–H groups in total. The van der Waals surface area contributed by atoms with Crippen LogP contribution in [-0.4, -0.2) is 34.3 Å². The van der Waals surface area contributed by atoms with E-state index < -0.39 is 0 Å². The maximum absolute atomic E-state index is 12.2. The predicted octanol–water partition coefficient (Wildman–Crippen LogP) is 3.67. The molecule has 0 unspecified atom stereocenters. The van der Waals surface area contributed by atoms with Gasteiger partial charge in [0.1, 0.15) is 5.75 Å². The van der Waals surface area contributed by atoms with Crippen molar-refractivity contribution in [2.45, 2.75) is 26.3 Å². The fourth-order valence-electron chi connectivity index (χ4n) is 3.00. The molecular weight excluding hydrogens is 372 g/mol. The van der Waals surface area contributed by atoms with Gasteiger partial charge >= 0.3 is 0 Å². The van der Waals surface area contributed by atoms with Gasteiger partial charge in [-0.05, 0) is 55.4 Å². The highest BCUT2D eigenvalue weighted by molar-refractivity contribution is 7.71. The van der Waals surface area contributed by atoms with Crippen molar-refractivity contribution in [1.29, 1.82) is 0 Å². The van der Waals surface area contributed by atoms with Crippen LogP contribution in [0.3, 0.4) is 0 Å². The lowest BCUT2D eigenvalue weighted by molar-refractivity contribution is -0.121. The lowest BCUT2D eigenvalue weighted by Gasteiger charge is -2.09. The number of amides is 1. The third-order valence-electron chi connectivity index (χ3n) is 4.49. The molecule has 28 heavy (non-hydrogen) atoms. The van der Waals surface area contributed by atoms with Crippen molar-refractivity contribution < 1.29 is 9.53 Å². The molecule has 3 rings (SSSR count). The molecule has 3 aromatic rings. The second-order valence-corrected chi connectivity index (χ2v) is 6.96. The van der Waals surface area contributed by atoms with Crippen LogP contribution in [0, 0.1) is 11.7 Å². The first-order valence-corrected chi connectivity index (χ1v) is 9.59. The highest BCUT2D eigenvalue weighted by Crippen LogP contribution is 2.21. The highest BCUT2D eigenvalue weighted by atomic mass is 32.1. The molecule has 0 bridgehead atoms. The standard InChI is InChI=1S/C21H24N4O2S/c1-15-4-3-5-16(14-15)10-12-22-19(26)11-13-25-20(23-24-21(25)28)17-6-8-18(27-2)9-7-17/h3-9,14H,10-13H2,1-2H3,(H,22,26)(H,24,28). The molecule has 7 heteroatoms. The first kappa shape index (κ1) is 19.8. The average Bonchev–Trinajstić information content (AvgIpc) is 3.07. The van der Waals surface area contributed by atoms with Crippen LogP contribution in [0.5, 0.6) is 5.75 Å². The lowest BCUT2D eigenvalue weighted by Crippen LogP contribution is -2.26. The summed E-state index contributed by atoms with van der Waals surface area (Å²) in [6.45, 7) is 3.15. The van der Waals surface area contributed by atoms with Crippen molar-refractivity contribution in [3.63, 3.8) is 0 Å². The van der Waals surface area contributed by atoms with Crippen molar-refractivity contribution in [1.82, 2.24) is 20.1 Å². The predicted molar refractivity (Wildman–Crippen MR) is 112 cm³/mol. The molecule has 0 aliphatic carbocycles. The van der Waals surface area contributed by atoms with Gasteiger partial charge in [0.15, 0.2) is 10.6 Å². The van der Waals surface area contributed by atoms with Crippen LogP contribution < -0.4 is 10.1 Å². The van der Waals surface area contributed by atoms with E-state index in [1.54, 1.807) is 7.11 Å². The molecule has 0 saturated heterocycles. The molecule has 0 atom stereocenters. The van der Waals surface area contributed by atoms with E-state index in [1.807, 2.05) is 34.9 Å². The minimum atomic E-state index is -0.00330. The summed E-state index contributed by atoms with van der Waals surface area (Å²) in [5.41, 5.74) is 3.36. The Balaban J connectivity index is 1.56. The first-order chi connectivity index (χ1) is 13.6. The Bertz CT molecular complexity index is 992. The van der Waals surface area contributed by atoms with E-state index >= 15 is 0 Å². The van der Waals surface area contributed by atoms with Gasteiger partial charge in [-0.1, -0.05) is 29.8 Å². The fourth-order valence-corrected chi connectivity index (χ4v) is 3.22. The summed E-state index contributed by atoms with van der Waals surface area (Å²) in [6, 6.07) is 15.9. The molecule has 0 aliphatic heterocycles. The van der Waals surface area contributed by atoms with Crippen molar-refractivity contribution in [3.8, 4) is 17.1 Å². The van der Waals surface area contributed by atoms with E-state index in [1.165, 1.54) is 11.1 Å². The second-order valence-electron chi connectivity index (χ2n) is 6.57. The molecule has 1 aromatic heterocycles. The number of nitrogens with one attached hydrogen (secondary N) is 2. The van der Waals surface area contributed by atoms with E-state index in [4.69, 9.17) is 17.0 Å². The summed E-state index contributed by atoms with van der Waals surface area (Å²) in [4.78, 5) is 12.2. The molecular formula is C21H24N4O2S. The SMILES string of the molecule is COc1ccc(-c2n[nH]c(=S)n2CCC(=O)NCCc2cccc(C)c2)cc1. The van der Waals surface area contributed by atoms with Crippen molar-refractivity contribution in [2.24, 2.45) is 0 Å². The van der Waals surface area contributed by atoms with Crippen LogP contribution in [-0.2, 0) is 17.8 Å². The van der Waals surface area contributed by atoms with Crippen molar-refractivity contribution in [3.05, 3.63) is 64.4 Å². The summed E-state index contributed by atoms with van der Waals surface area (Å²) in [6.07, 6.45) is 1.15. The lowest BCUT2D eigenvalue weighted by atomic mass is 10.1. The number of benzene rings is 2. The molecule has 146 valence electrons. The Labute approximate surface area is 169 Å². The van der Waals surface area contributed by atoms with Crippen LogP contribution in [0.15, 0.2) is 48.5 Å². The van der Waals surface area contributed by atoms with Crippen LogP contribution in [0.4, 0.5) is 0 Å². The summed E-state index contributed by atoms with van der Waals surface area (Å²) in [5.74, 6) is 1.48. The zero-order valence-electron chi connectivity index (χ0n) is 16.1. The Morgan fingerprint density at radius 3 is 2.75 bits per heavy atom. The molecule has 1 heterocycles. The molecule has 0 aliphatic rings. The molecule has 0 saturated carbocycles. The van der Waals surface area contributed by atoms with Crippen LogP contribution in [0.2, 0.25) is 0 Å². The Kier molecular flexibility index (Phi) is 6.60. The quantitative estimate of drug-likeness (QED) is 0.570. The summed E-state index contributed by atoms with van der Waals surface area (Å²) < 4.78 is 7.53. The molecule has 0 spiro atoms. The number of carbonyl (C=O) groups is 1. The van der Waals surface area contributed by atoms with Gasteiger partial charge < -0.3 is 10.1 Å². The molecule has 1 amide bonds. The average molecular weight is 397 g/mol. The third kappa shape index (κ3) is 5.07. The number of aromatic amines is 1. The number of nitrogens with zero attached hydrogens (tertiary/aromatic N) is 2. The van der Waals surface area contributed by atoms with Gasteiger partial charge in [-0.15, -0.1) is 0 Å². The first-order valence-electron chi connectivity index (χ1n) is 9.18. The van der Waals surface area contributed by atoms with Gasteiger partial charge in [0.2, 0.25) is 5.91 Å². The highest BCUT2D eigenvalue weighted by Gasteiger charge is 2.11. The van der Waals surface area contributed by atoms with Gasteiger partial charge in [-0.3, -0.25) is 14.5 Å². The zero-order valence-corrected chi connectivity index (χ0v) is 16.9. The van der Waals surface area contributed by atoms with Gasteiger partial charge in [0.25, 0.3) is 0 Å². The van der Waals surface area contributed by atoms with Gasteiger partial charge in [0.05, 0.1) is 7.11 Å². The number of H-pyrrole nitrogens is 1. The summed E-state index contributed by atoms with van der Waals surface area (Å²) in [5, 5.41) is 10.1.